The Labute approximate surface area is 114 Å². The van der Waals surface area contributed by atoms with Crippen molar-refractivity contribution >= 4 is 11.6 Å². The highest BCUT2D eigenvalue weighted by molar-refractivity contribution is 5.96. The van der Waals surface area contributed by atoms with Gasteiger partial charge in [-0.2, -0.15) is 13.2 Å². The summed E-state index contributed by atoms with van der Waals surface area (Å²) < 4.78 is 44.4. The molecule has 20 heavy (non-hydrogen) atoms. The average molecular weight is 288 g/mol. The Kier molecular flexibility index (Phi) is 3.89. The van der Waals surface area contributed by atoms with Crippen LogP contribution in [-0.2, 0) is 4.79 Å². The fourth-order valence-corrected chi connectivity index (χ4v) is 2.18. The molecular formula is C13H15F3N2O2. The first kappa shape index (κ1) is 14.6. The number of rotatable bonds is 3. The van der Waals surface area contributed by atoms with Crippen molar-refractivity contribution in [2.24, 2.45) is 5.41 Å². The van der Waals surface area contributed by atoms with Gasteiger partial charge in [0.15, 0.2) is 5.41 Å². The van der Waals surface area contributed by atoms with Gasteiger partial charge in [-0.25, -0.2) is 0 Å². The molecular weight excluding hydrogens is 273 g/mol. The van der Waals surface area contributed by atoms with E-state index in [1.807, 2.05) is 0 Å². The monoisotopic (exact) mass is 288 g/mol. The Morgan fingerprint density at radius 1 is 1.35 bits per heavy atom. The number of carbonyl (C=O) groups excluding carboxylic acids is 1. The predicted molar refractivity (Wildman–Crippen MR) is 67.6 cm³/mol. The quantitative estimate of drug-likeness (QED) is 0.896. The van der Waals surface area contributed by atoms with Crippen molar-refractivity contribution in [2.75, 3.05) is 25.5 Å². The van der Waals surface area contributed by atoms with Crippen molar-refractivity contribution in [3.05, 3.63) is 24.3 Å². The van der Waals surface area contributed by atoms with Crippen LogP contribution in [0.25, 0.3) is 0 Å². The minimum Gasteiger partial charge on any atom is -0.497 e. The molecule has 1 aromatic rings. The van der Waals surface area contributed by atoms with E-state index in [0.29, 0.717) is 11.4 Å². The van der Waals surface area contributed by atoms with Crippen LogP contribution in [0.2, 0.25) is 0 Å². The lowest BCUT2D eigenvalue weighted by molar-refractivity contribution is -0.213. The lowest BCUT2D eigenvalue weighted by Gasteiger charge is -2.29. The van der Waals surface area contributed by atoms with Gasteiger partial charge in [0.2, 0.25) is 5.91 Å². The maximum Gasteiger partial charge on any atom is 0.404 e. The molecule has 1 atom stereocenters. The smallest absolute Gasteiger partial charge is 0.404 e. The van der Waals surface area contributed by atoms with Gasteiger partial charge in [0.05, 0.1) is 7.11 Å². The zero-order chi connectivity index (χ0) is 14.8. The van der Waals surface area contributed by atoms with E-state index >= 15 is 0 Å². The number of methoxy groups -OCH3 is 1. The normalized spacial score (nSPS) is 22.6. The fourth-order valence-electron chi connectivity index (χ4n) is 2.18. The summed E-state index contributed by atoms with van der Waals surface area (Å²) in [7, 11) is 1.48. The van der Waals surface area contributed by atoms with Crippen molar-refractivity contribution in [3.63, 3.8) is 0 Å². The molecule has 0 radical (unpaired) electrons. The molecule has 0 bridgehead atoms. The number of anilines is 1. The minimum absolute atomic E-state index is 0.176. The molecule has 1 amide bonds. The van der Waals surface area contributed by atoms with Crippen molar-refractivity contribution in [1.82, 2.24) is 5.32 Å². The molecule has 2 rings (SSSR count). The third kappa shape index (κ3) is 2.58. The zero-order valence-electron chi connectivity index (χ0n) is 10.9. The van der Waals surface area contributed by atoms with Gasteiger partial charge in [-0.3, -0.25) is 4.79 Å². The molecule has 4 nitrogen and oxygen atoms in total. The highest BCUT2D eigenvalue weighted by Gasteiger charge is 2.61. The molecule has 0 spiro atoms. The Hall–Kier alpha value is -1.76. The number of alkyl halides is 3. The third-order valence-corrected chi connectivity index (χ3v) is 3.48. The first-order valence-corrected chi connectivity index (χ1v) is 6.12. The van der Waals surface area contributed by atoms with Crippen LogP contribution in [0.3, 0.4) is 0 Å². The molecule has 1 heterocycles. The summed E-state index contributed by atoms with van der Waals surface area (Å²) in [5.74, 6) is -0.462. The Bertz CT molecular complexity index is 479. The van der Waals surface area contributed by atoms with E-state index in [4.69, 9.17) is 4.74 Å². The van der Waals surface area contributed by atoms with Crippen LogP contribution in [0, 0.1) is 5.41 Å². The van der Waals surface area contributed by atoms with Crippen molar-refractivity contribution in [2.45, 2.75) is 12.6 Å². The van der Waals surface area contributed by atoms with Crippen molar-refractivity contribution in [1.29, 1.82) is 0 Å². The number of hydrogen-bond acceptors (Lipinski definition) is 3. The van der Waals surface area contributed by atoms with Crippen LogP contribution in [0.15, 0.2) is 24.3 Å². The number of ether oxygens (including phenoxy) is 1. The van der Waals surface area contributed by atoms with Crippen molar-refractivity contribution in [3.8, 4) is 5.75 Å². The Balaban J connectivity index is 2.17. The molecule has 2 N–H and O–H groups in total. The topological polar surface area (TPSA) is 50.4 Å². The molecule has 1 fully saturated rings. The second kappa shape index (κ2) is 5.32. The second-order valence-electron chi connectivity index (χ2n) is 4.69. The second-order valence-corrected chi connectivity index (χ2v) is 4.69. The van der Waals surface area contributed by atoms with E-state index in [0.717, 1.165) is 0 Å². The van der Waals surface area contributed by atoms with E-state index in [1.165, 1.54) is 19.2 Å². The average Bonchev–Trinajstić information content (AvgIpc) is 2.90. The molecule has 0 aromatic heterocycles. The lowest BCUT2D eigenvalue weighted by Crippen LogP contribution is -2.49. The number of halogens is 3. The summed E-state index contributed by atoms with van der Waals surface area (Å²) in [4.78, 5) is 12.0. The van der Waals surface area contributed by atoms with Gasteiger partial charge in [-0.15, -0.1) is 0 Å². The van der Waals surface area contributed by atoms with E-state index < -0.39 is 24.0 Å². The van der Waals surface area contributed by atoms with E-state index in [9.17, 15) is 18.0 Å². The summed E-state index contributed by atoms with van der Waals surface area (Å²) in [6, 6.07) is 6.15. The van der Waals surface area contributed by atoms with Crippen LogP contribution >= 0.6 is 0 Å². The zero-order valence-corrected chi connectivity index (χ0v) is 10.9. The van der Waals surface area contributed by atoms with Gasteiger partial charge in [0.1, 0.15) is 5.75 Å². The highest BCUT2D eigenvalue weighted by Crippen LogP contribution is 2.43. The standard InChI is InChI=1S/C13H15F3N2O2/c1-20-10-4-2-9(3-5-10)18-11(19)12(13(14,15)16)6-7-17-8-12/h2-5,17H,6-8H2,1H3,(H,18,19). The Morgan fingerprint density at radius 3 is 2.45 bits per heavy atom. The fraction of sp³-hybridized carbons (Fsp3) is 0.462. The van der Waals surface area contributed by atoms with E-state index in [-0.39, 0.29) is 13.0 Å². The van der Waals surface area contributed by atoms with E-state index in [1.54, 1.807) is 12.1 Å². The number of nitrogens with one attached hydrogen (secondary N) is 2. The molecule has 1 aliphatic heterocycles. The molecule has 7 heteroatoms. The van der Waals surface area contributed by atoms with Gasteiger partial charge in [0.25, 0.3) is 0 Å². The van der Waals surface area contributed by atoms with Crippen molar-refractivity contribution < 1.29 is 22.7 Å². The number of carbonyl (C=O) groups is 1. The third-order valence-electron chi connectivity index (χ3n) is 3.48. The van der Waals surface area contributed by atoms with Gasteiger partial charge in [-0.05, 0) is 37.2 Å². The largest absolute Gasteiger partial charge is 0.497 e. The number of hydrogen-bond donors (Lipinski definition) is 2. The summed E-state index contributed by atoms with van der Waals surface area (Å²) in [5, 5.41) is 4.93. The number of amides is 1. The molecule has 0 aliphatic carbocycles. The highest BCUT2D eigenvalue weighted by atomic mass is 19.4. The lowest BCUT2D eigenvalue weighted by atomic mass is 9.85. The summed E-state index contributed by atoms with van der Waals surface area (Å²) >= 11 is 0. The van der Waals surface area contributed by atoms with Gasteiger partial charge >= 0.3 is 6.18 Å². The SMILES string of the molecule is COc1ccc(NC(=O)C2(C(F)(F)F)CCNC2)cc1. The van der Waals surface area contributed by atoms with E-state index in [2.05, 4.69) is 10.6 Å². The predicted octanol–water partition coefficient (Wildman–Crippen LogP) is 2.18. The van der Waals surface area contributed by atoms with Crippen LogP contribution in [0.1, 0.15) is 6.42 Å². The minimum atomic E-state index is -4.58. The molecule has 1 aliphatic rings. The maximum atomic E-state index is 13.2. The first-order chi connectivity index (χ1) is 9.39. The summed E-state index contributed by atoms with van der Waals surface area (Å²) in [6.07, 6.45) is -4.83. The molecule has 0 saturated carbocycles. The maximum absolute atomic E-state index is 13.2. The molecule has 1 unspecified atom stereocenters. The van der Waals surface area contributed by atoms with Gasteiger partial charge in [0, 0.05) is 12.2 Å². The summed E-state index contributed by atoms with van der Waals surface area (Å²) in [6.45, 7) is -0.214. The molecule has 1 saturated heterocycles. The van der Waals surface area contributed by atoms with Gasteiger partial charge in [-0.1, -0.05) is 0 Å². The van der Waals surface area contributed by atoms with Gasteiger partial charge < -0.3 is 15.4 Å². The number of benzene rings is 1. The molecule has 110 valence electrons. The van der Waals surface area contributed by atoms with Crippen LogP contribution in [0.4, 0.5) is 18.9 Å². The first-order valence-electron chi connectivity index (χ1n) is 6.12. The Morgan fingerprint density at radius 2 is 2.00 bits per heavy atom. The van der Waals surface area contributed by atoms with Crippen LogP contribution in [-0.4, -0.2) is 32.3 Å². The van der Waals surface area contributed by atoms with Crippen LogP contribution < -0.4 is 15.4 Å². The summed E-state index contributed by atoms with van der Waals surface area (Å²) in [5.41, 5.74) is -2.04. The molecule has 1 aromatic carbocycles. The van der Waals surface area contributed by atoms with Crippen LogP contribution in [0.5, 0.6) is 5.75 Å².